The van der Waals surface area contributed by atoms with E-state index in [0.29, 0.717) is 6.42 Å². The minimum atomic E-state index is -0.434. The van der Waals surface area contributed by atoms with Gasteiger partial charge in [-0.15, -0.1) is 11.3 Å². The zero-order valence-corrected chi connectivity index (χ0v) is 11.0. The second-order valence-electron chi connectivity index (χ2n) is 3.68. The van der Waals surface area contributed by atoms with Gasteiger partial charge in [-0.1, -0.05) is 0 Å². The summed E-state index contributed by atoms with van der Waals surface area (Å²) >= 11 is 4.99. The standard InChI is InChI=1S/C10H14BrNOS/c1-10(2,12-3)8(13)6-7-4-5-9(11)14-7/h4-5,12H,6H2,1-3H3. The SMILES string of the molecule is CNC(C)(C)C(=O)Cc1ccc(Br)s1. The van der Waals surface area contributed by atoms with Crippen LogP contribution in [0, 0.1) is 0 Å². The van der Waals surface area contributed by atoms with Gasteiger partial charge in [0.2, 0.25) is 0 Å². The fourth-order valence-electron chi connectivity index (χ4n) is 0.965. The first-order valence-corrected chi connectivity index (χ1v) is 6.03. The lowest BCUT2D eigenvalue weighted by molar-refractivity contribution is -0.123. The maximum atomic E-state index is 11.8. The quantitative estimate of drug-likeness (QED) is 0.916. The second-order valence-corrected chi connectivity index (χ2v) is 6.23. The number of carbonyl (C=O) groups excluding carboxylic acids is 1. The van der Waals surface area contributed by atoms with Crippen molar-refractivity contribution >= 4 is 33.0 Å². The lowest BCUT2D eigenvalue weighted by atomic mass is 9.96. The molecule has 1 aromatic rings. The fourth-order valence-corrected chi connectivity index (χ4v) is 2.45. The summed E-state index contributed by atoms with van der Waals surface area (Å²) in [5, 5.41) is 3.01. The number of rotatable bonds is 4. The summed E-state index contributed by atoms with van der Waals surface area (Å²) in [6, 6.07) is 3.96. The van der Waals surface area contributed by atoms with E-state index in [9.17, 15) is 4.79 Å². The average Bonchev–Trinajstić information content (AvgIpc) is 2.51. The van der Waals surface area contributed by atoms with E-state index in [0.717, 1.165) is 8.66 Å². The third-order valence-corrected chi connectivity index (χ3v) is 3.91. The molecular formula is C10H14BrNOS. The maximum absolute atomic E-state index is 11.8. The van der Waals surface area contributed by atoms with Gasteiger partial charge in [0, 0.05) is 11.3 Å². The van der Waals surface area contributed by atoms with E-state index >= 15 is 0 Å². The average molecular weight is 276 g/mol. The molecule has 4 heteroatoms. The van der Waals surface area contributed by atoms with Crippen molar-refractivity contribution in [1.29, 1.82) is 0 Å². The van der Waals surface area contributed by atoms with Crippen LogP contribution in [0.5, 0.6) is 0 Å². The van der Waals surface area contributed by atoms with E-state index in [1.165, 1.54) is 0 Å². The number of thiophene rings is 1. The Morgan fingerprint density at radius 2 is 2.21 bits per heavy atom. The minimum absolute atomic E-state index is 0.217. The molecule has 1 heterocycles. The third kappa shape index (κ3) is 2.90. The van der Waals surface area contributed by atoms with Crippen LogP contribution in [-0.4, -0.2) is 18.4 Å². The van der Waals surface area contributed by atoms with Crippen LogP contribution in [0.15, 0.2) is 15.9 Å². The molecule has 0 fully saturated rings. The largest absolute Gasteiger partial charge is 0.308 e. The van der Waals surface area contributed by atoms with E-state index < -0.39 is 5.54 Å². The van der Waals surface area contributed by atoms with Crippen molar-refractivity contribution in [2.75, 3.05) is 7.05 Å². The number of halogens is 1. The highest BCUT2D eigenvalue weighted by Gasteiger charge is 2.25. The second kappa shape index (κ2) is 4.55. The Labute approximate surface area is 96.8 Å². The predicted octanol–water partition coefficient (Wildman–Crippen LogP) is 2.62. The molecule has 0 spiro atoms. The van der Waals surface area contributed by atoms with E-state index in [1.54, 1.807) is 11.3 Å². The number of likely N-dealkylation sites (N-methyl/N-ethyl adjacent to an activating group) is 1. The minimum Gasteiger partial charge on any atom is -0.308 e. The number of hydrogen-bond acceptors (Lipinski definition) is 3. The zero-order chi connectivity index (χ0) is 10.8. The Kier molecular flexibility index (Phi) is 3.86. The van der Waals surface area contributed by atoms with Crippen LogP contribution in [0.1, 0.15) is 18.7 Å². The number of Topliss-reactive ketones (excluding diaryl/α,β-unsaturated/α-hetero) is 1. The van der Waals surface area contributed by atoms with Gasteiger partial charge in [0.1, 0.15) is 0 Å². The van der Waals surface area contributed by atoms with Crippen molar-refractivity contribution < 1.29 is 4.79 Å². The van der Waals surface area contributed by atoms with Crippen molar-refractivity contribution in [2.45, 2.75) is 25.8 Å². The molecule has 14 heavy (non-hydrogen) atoms. The molecule has 0 saturated heterocycles. The Balaban J connectivity index is 2.66. The van der Waals surface area contributed by atoms with Gasteiger partial charge in [-0.2, -0.15) is 0 Å². The van der Waals surface area contributed by atoms with Gasteiger partial charge in [-0.25, -0.2) is 0 Å². The van der Waals surface area contributed by atoms with E-state index in [-0.39, 0.29) is 5.78 Å². The Morgan fingerprint density at radius 1 is 1.57 bits per heavy atom. The first-order chi connectivity index (χ1) is 6.45. The van der Waals surface area contributed by atoms with Gasteiger partial charge in [-0.05, 0) is 49.0 Å². The number of ketones is 1. The molecule has 0 atom stereocenters. The number of carbonyl (C=O) groups is 1. The van der Waals surface area contributed by atoms with Crippen LogP contribution in [0.4, 0.5) is 0 Å². The molecule has 0 unspecified atom stereocenters. The van der Waals surface area contributed by atoms with Crippen molar-refractivity contribution in [2.24, 2.45) is 0 Å². The van der Waals surface area contributed by atoms with Gasteiger partial charge in [0.15, 0.2) is 5.78 Å². The molecule has 2 nitrogen and oxygen atoms in total. The zero-order valence-electron chi connectivity index (χ0n) is 8.56. The molecule has 78 valence electrons. The highest BCUT2D eigenvalue weighted by molar-refractivity contribution is 9.11. The summed E-state index contributed by atoms with van der Waals surface area (Å²) in [4.78, 5) is 12.9. The third-order valence-electron chi connectivity index (χ3n) is 2.29. The first kappa shape index (κ1) is 11.9. The predicted molar refractivity (Wildman–Crippen MR) is 63.9 cm³/mol. The van der Waals surface area contributed by atoms with E-state index in [4.69, 9.17) is 0 Å². The van der Waals surface area contributed by atoms with Crippen LogP contribution in [-0.2, 0) is 11.2 Å². The molecule has 1 aromatic heterocycles. The molecule has 0 amide bonds. The van der Waals surface area contributed by atoms with Gasteiger partial charge >= 0.3 is 0 Å². The summed E-state index contributed by atoms with van der Waals surface area (Å²) < 4.78 is 1.07. The monoisotopic (exact) mass is 275 g/mol. The van der Waals surface area contributed by atoms with Crippen LogP contribution in [0.3, 0.4) is 0 Å². The molecule has 0 aliphatic carbocycles. The topological polar surface area (TPSA) is 29.1 Å². The first-order valence-electron chi connectivity index (χ1n) is 4.42. The van der Waals surface area contributed by atoms with Crippen LogP contribution in [0.2, 0.25) is 0 Å². The van der Waals surface area contributed by atoms with Crippen molar-refractivity contribution in [3.63, 3.8) is 0 Å². The molecule has 0 saturated carbocycles. The fraction of sp³-hybridized carbons (Fsp3) is 0.500. The highest BCUT2D eigenvalue weighted by atomic mass is 79.9. The van der Waals surface area contributed by atoms with Gasteiger partial charge in [-0.3, -0.25) is 4.79 Å². The molecule has 0 aliphatic rings. The Bertz CT molecular complexity index is 333. The van der Waals surface area contributed by atoms with E-state index in [2.05, 4.69) is 21.2 Å². The molecule has 0 radical (unpaired) electrons. The van der Waals surface area contributed by atoms with E-state index in [1.807, 2.05) is 33.0 Å². The summed E-state index contributed by atoms with van der Waals surface area (Å²) in [5.41, 5.74) is -0.434. The Morgan fingerprint density at radius 3 is 2.64 bits per heavy atom. The van der Waals surface area contributed by atoms with Gasteiger partial charge in [0.05, 0.1) is 9.33 Å². The maximum Gasteiger partial charge on any atom is 0.157 e. The smallest absolute Gasteiger partial charge is 0.157 e. The molecule has 0 bridgehead atoms. The number of hydrogen-bond donors (Lipinski definition) is 1. The summed E-state index contributed by atoms with van der Waals surface area (Å²) in [6.07, 6.45) is 0.504. The number of nitrogens with one attached hydrogen (secondary N) is 1. The van der Waals surface area contributed by atoms with Crippen LogP contribution >= 0.6 is 27.3 Å². The van der Waals surface area contributed by atoms with Gasteiger partial charge < -0.3 is 5.32 Å². The van der Waals surface area contributed by atoms with Crippen LogP contribution in [0.25, 0.3) is 0 Å². The molecule has 1 N–H and O–H groups in total. The molecule has 0 aromatic carbocycles. The Hall–Kier alpha value is -0.190. The van der Waals surface area contributed by atoms with Crippen LogP contribution < -0.4 is 5.32 Å². The van der Waals surface area contributed by atoms with Crippen molar-refractivity contribution in [3.8, 4) is 0 Å². The summed E-state index contributed by atoms with van der Waals surface area (Å²) in [6.45, 7) is 3.80. The van der Waals surface area contributed by atoms with Crippen molar-refractivity contribution in [3.05, 3.63) is 20.8 Å². The lowest BCUT2D eigenvalue weighted by Crippen LogP contribution is -2.45. The molecule has 1 rings (SSSR count). The summed E-state index contributed by atoms with van der Waals surface area (Å²) in [7, 11) is 1.81. The summed E-state index contributed by atoms with van der Waals surface area (Å²) in [5.74, 6) is 0.217. The normalized spacial score (nSPS) is 11.7. The molecular weight excluding hydrogens is 262 g/mol. The van der Waals surface area contributed by atoms with Crippen molar-refractivity contribution in [1.82, 2.24) is 5.32 Å². The lowest BCUT2D eigenvalue weighted by Gasteiger charge is -2.21. The molecule has 0 aliphatic heterocycles. The highest BCUT2D eigenvalue weighted by Crippen LogP contribution is 2.23. The van der Waals surface area contributed by atoms with Gasteiger partial charge in [0.25, 0.3) is 0 Å².